The average Bonchev–Trinajstić information content (AvgIpc) is 3.13. The third-order valence-electron chi connectivity index (χ3n) is 3.97. The number of carbonyl (C=O) groups is 2. The number of hydrogen-bond acceptors (Lipinski definition) is 4. The third kappa shape index (κ3) is 2.82. The molecule has 0 saturated heterocycles. The van der Waals surface area contributed by atoms with E-state index in [-0.39, 0.29) is 5.91 Å². The van der Waals surface area contributed by atoms with Gasteiger partial charge in [0.25, 0.3) is 5.91 Å². The monoisotopic (exact) mass is 333 g/mol. The lowest BCUT2D eigenvalue weighted by Gasteiger charge is -2.08. The summed E-state index contributed by atoms with van der Waals surface area (Å²) in [5.41, 5.74) is 3.18. The van der Waals surface area contributed by atoms with Gasteiger partial charge >= 0.3 is 5.97 Å². The van der Waals surface area contributed by atoms with Crippen molar-refractivity contribution in [1.29, 1.82) is 0 Å². The largest absolute Gasteiger partial charge is 0.465 e. The van der Waals surface area contributed by atoms with Crippen molar-refractivity contribution in [3.63, 3.8) is 0 Å². The number of amides is 1. The van der Waals surface area contributed by atoms with Crippen LogP contribution < -0.4 is 5.32 Å². The van der Waals surface area contributed by atoms with E-state index in [1.54, 1.807) is 16.8 Å². The van der Waals surface area contributed by atoms with Crippen molar-refractivity contribution in [3.8, 4) is 0 Å². The number of hydrogen-bond donors (Lipinski definition) is 1. The molecule has 1 aromatic heterocycles. The SMILES string of the molecule is COC(=O)c1ccc(Cl)c(NC(=O)c2nn(C)c3c2CCC3)c1. The molecule has 1 aromatic carbocycles. The van der Waals surface area contributed by atoms with Gasteiger partial charge in [-0.25, -0.2) is 4.79 Å². The highest BCUT2D eigenvalue weighted by Crippen LogP contribution is 2.27. The zero-order valence-corrected chi connectivity index (χ0v) is 13.6. The van der Waals surface area contributed by atoms with Crippen molar-refractivity contribution < 1.29 is 14.3 Å². The molecule has 0 bridgehead atoms. The molecule has 120 valence electrons. The fourth-order valence-electron chi connectivity index (χ4n) is 2.84. The normalized spacial score (nSPS) is 12.8. The number of aryl methyl sites for hydroxylation is 1. The highest BCUT2D eigenvalue weighted by molar-refractivity contribution is 6.34. The van der Waals surface area contributed by atoms with Crippen LogP contribution in [0.5, 0.6) is 0 Å². The van der Waals surface area contributed by atoms with E-state index in [1.807, 2.05) is 7.05 Å². The molecule has 1 heterocycles. The Bertz CT molecular complexity index is 798. The van der Waals surface area contributed by atoms with Gasteiger partial charge in [-0.2, -0.15) is 5.10 Å². The van der Waals surface area contributed by atoms with Gasteiger partial charge in [-0.05, 0) is 37.5 Å². The lowest BCUT2D eigenvalue weighted by molar-refractivity contribution is 0.0600. The topological polar surface area (TPSA) is 73.2 Å². The molecule has 1 amide bonds. The second kappa shape index (κ2) is 6.04. The maximum absolute atomic E-state index is 12.5. The number of methoxy groups -OCH3 is 1. The van der Waals surface area contributed by atoms with E-state index < -0.39 is 5.97 Å². The number of esters is 1. The predicted molar refractivity (Wildman–Crippen MR) is 86.0 cm³/mol. The molecule has 1 aliphatic rings. The van der Waals surface area contributed by atoms with Crippen molar-refractivity contribution in [2.24, 2.45) is 7.05 Å². The van der Waals surface area contributed by atoms with E-state index in [0.29, 0.717) is 22.0 Å². The summed E-state index contributed by atoms with van der Waals surface area (Å²) in [7, 11) is 3.14. The lowest BCUT2D eigenvalue weighted by atomic mass is 10.1. The Hall–Kier alpha value is -2.34. The van der Waals surface area contributed by atoms with Gasteiger partial charge in [0.15, 0.2) is 5.69 Å². The summed E-state index contributed by atoms with van der Waals surface area (Å²) in [6.45, 7) is 0. The van der Waals surface area contributed by atoms with Crippen molar-refractivity contribution in [2.45, 2.75) is 19.3 Å². The number of nitrogens with zero attached hydrogens (tertiary/aromatic N) is 2. The van der Waals surface area contributed by atoms with E-state index >= 15 is 0 Å². The molecule has 3 rings (SSSR count). The highest BCUT2D eigenvalue weighted by atomic mass is 35.5. The summed E-state index contributed by atoms with van der Waals surface area (Å²) < 4.78 is 6.43. The molecule has 0 spiro atoms. The zero-order valence-electron chi connectivity index (χ0n) is 12.9. The molecule has 0 radical (unpaired) electrons. The lowest BCUT2D eigenvalue weighted by Crippen LogP contribution is -2.15. The highest BCUT2D eigenvalue weighted by Gasteiger charge is 2.25. The van der Waals surface area contributed by atoms with Gasteiger partial charge in [0.2, 0.25) is 0 Å². The average molecular weight is 334 g/mol. The number of halogens is 1. The van der Waals surface area contributed by atoms with Crippen molar-refractivity contribution >= 4 is 29.2 Å². The molecule has 0 fully saturated rings. The van der Waals surface area contributed by atoms with E-state index in [2.05, 4.69) is 15.2 Å². The number of anilines is 1. The second-order valence-corrected chi connectivity index (χ2v) is 5.80. The van der Waals surface area contributed by atoms with Gasteiger partial charge in [-0.1, -0.05) is 11.6 Å². The van der Waals surface area contributed by atoms with Crippen LogP contribution in [0, 0.1) is 0 Å². The first-order valence-electron chi connectivity index (χ1n) is 7.25. The summed E-state index contributed by atoms with van der Waals surface area (Å²) in [4.78, 5) is 24.1. The molecular formula is C16H16ClN3O3. The van der Waals surface area contributed by atoms with Gasteiger partial charge in [0.05, 0.1) is 23.4 Å². The van der Waals surface area contributed by atoms with Gasteiger partial charge in [0, 0.05) is 18.3 Å². The molecule has 23 heavy (non-hydrogen) atoms. The molecule has 2 aromatic rings. The van der Waals surface area contributed by atoms with Gasteiger partial charge < -0.3 is 10.1 Å². The first kappa shape index (κ1) is 15.6. The number of carbonyl (C=O) groups excluding carboxylic acids is 2. The Labute approximate surface area is 138 Å². The van der Waals surface area contributed by atoms with Crippen molar-refractivity contribution in [1.82, 2.24) is 9.78 Å². The summed E-state index contributed by atoms with van der Waals surface area (Å²) in [6, 6.07) is 4.59. The summed E-state index contributed by atoms with van der Waals surface area (Å²) in [5, 5.41) is 7.38. The van der Waals surface area contributed by atoms with Crippen LogP contribution >= 0.6 is 11.6 Å². The molecule has 0 unspecified atom stereocenters. The van der Waals surface area contributed by atoms with Gasteiger partial charge in [-0.3, -0.25) is 9.48 Å². The molecule has 1 aliphatic carbocycles. The Morgan fingerprint density at radius 3 is 2.87 bits per heavy atom. The van der Waals surface area contributed by atoms with Crippen LogP contribution in [-0.4, -0.2) is 28.8 Å². The van der Waals surface area contributed by atoms with E-state index in [9.17, 15) is 9.59 Å². The standard InChI is InChI=1S/C16H16ClN3O3/c1-20-13-5-3-4-10(13)14(19-20)15(21)18-12-8-9(16(22)23-2)6-7-11(12)17/h6-8H,3-5H2,1-2H3,(H,18,21). The van der Waals surface area contributed by atoms with Crippen LogP contribution in [0.15, 0.2) is 18.2 Å². The molecule has 6 nitrogen and oxygen atoms in total. The number of rotatable bonds is 3. The number of nitrogens with one attached hydrogen (secondary N) is 1. The second-order valence-electron chi connectivity index (χ2n) is 5.39. The maximum atomic E-state index is 12.5. The van der Waals surface area contributed by atoms with Crippen LogP contribution in [0.1, 0.15) is 38.5 Å². The fourth-order valence-corrected chi connectivity index (χ4v) is 3.01. The van der Waals surface area contributed by atoms with Crippen molar-refractivity contribution in [3.05, 3.63) is 45.7 Å². The minimum Gasteiger partial charge on any atom is -0.465 e. The van der Waals surface area contributed by atoms with E-state index in [4.69, 9.17) is 11.6 Å². The Kier molecular flexibility index (Phi) is 4.09. The van der Waals surface area contributed by atoms with Crippen LogP contribution in [0.25, 0.3) is 0 Å². The van der Waals surface area contributed by atoms with Crippen LogP contribution in [0.4, 0.5) is 5.69 Å². The Balaban J connectivity index is 1.89. The predicted octanol–water partition coefficient (Wildman–Crippen LogP) is 2.60. The van der Waals surface area contributed by atoms with Crippen LogP contribution in [-0.2, 0) is 24.6 Å². The zero-order chi connectivity index (χ0) is 16.6. The Morgan fingerprint density at radius 1 is 1.35 bits per heavy atom. The molecule has 0 atom stereocenters. The third-order valence-corrected chi connectivity index (χ3v) is 4.30. The van der Waals surface area contributed by atoms with Crippen molar-refractivity contribution in [2.75, 3.05) is 12.4 Å². The molecule has 1 N–H and O–H groups in total. The molecule has 7 heteroatoms. The quantitative estimate of drug-likeness (QED) is 0.876. The van der Waals surface area contributed by atoms with Gasteiger partial charge in [-0.15, -0.1) is 0 Å². The summed E-state index contributed by atoms with van der Waals surface area (Å²) in [6.07, 6.45) is 2.81. The molecule has 0 saturated carbocycles. The first-order chi connectivity index (χ1) is 11.0. The maximum Gasteiger partial charge on any atom is 0.337 e. The number of aromatic nitrogens is 2. The smallest absolute Gasteiger partial charge is 0.337 e. The summed E-state index contributed by atoms with van der Waals surface area (Å²) in [5.74, 6) is -0.816. The first-order valence-corrected chi connectivity index (χ1v) is 7.63. The number of benzene rings is 1. The van der Waals surface area contributed by atoms with E-state index in [0.717, 1.165) is 30.5 Å². The number of ether oxygens (including phenoxy) is 1. The number of fused-ring (bicyclic) bond motifs is 1. The van der Waals surface area contributed by atoms with Crippen LogP contribution in [0.2, 0.25) is 5.02 Å². The fraction of sp³-hybridized carbons (Fsp3) is 0.312. The van der Waals surface area contributed by atoms with E-state index in [1.165, 1.54) is 13.2 Å². The minimum absolute atomic E-state index is 0.318. The minimum atomic E-state index is -0.490. The molecular weight excluding hydrogens is 318 g/mol. The van der Waals surface area contributed by atoms with Gasteiger partial charge in [0.1, 0.15) is 0 Å². The molecule has 0 aliphatic heterocycles. The Morgan fingerprint density at radius 2 is 2.13 bits per heavy atom. The summed E-state index contributed by atoms with van der Waals surface area (Å²) >= 11 is 6.11. The van der Waals surface area contributed by atoms with Crippen LogP contribution in [0.3, 0.4) is 0 Å².